The number of hydrogen-bond donors (Lipinski definition) is 1. The summed E-state index contributed by atoms with van der Waals surface area (Å²) >= 11 is 3.46. The van der Waals surface area contributed by atoms with Crippen molar-refractivity contribution in [3.63, 3.8) is 0 Å². The minimum Gasteiger partial charge on any atom is -0.496 e. The molecular formula is C16H13BrN2O3. The van der Waals surface area contributed by atoms with E-state index in [4.69, 9.17) is 9.47 Å². The van der Waals surface area contributed by atoms with Gasteiger partial charge in [-0.25, -0.2) is 4.98 Å². The fraction of sp³-hybridized carbons (Fsp3) is 0.125. The van der Waals surface area contributed by atoms with Crippen LogP contribution in [0.3, 0.4) is 0 Å². The van der Waals surface area contributed by atoms with Gasteiger partial charge in [0, 0.05) is 6.07 Å². The van der Waals surface area contributed by atoms with Crippen molar-refractivity contribution in [3.8, 4) is 11.5 Å². The lowest BCUT2D eigenvalue weighted by Crippen LogP contribution is -2.09. The molecule has 0 radical (unpaired) electrons. The fourth-order valence-electron chi connectivity index (χ4n) is 2.17. The average molecular weight is 361 g/mol. The third kappa shape index (κ3) is 2.69. The van der Waals surface area contributed by atoms with Crippen LogP contribution in [0.25, 0.3) is 10.9 Å². The Labute approximate surface area is 135 Å². The van der Waals surface area contributed by atoms with E-state index in [0.717, 1.165) is 5.56 Å². The molecule has 0 bridgehead atoms. The van der Waals surface area contributed by atoms with Crippen LogP contribution in [0.15, 0.2) is 52.0 Å². The minimum atomic E-state index is -0.253. The van der Waals surface area contributed by atoms with E-state index in [1.165, 1.54) is 13.4 Å². The van der Waals surface area contributed by atoms with Gasteiger partial charge in [0.25, 0.3) is 5.56 Å². The van der Waals surface area contributed by atoms with Gasteiger partial charge in [-0.1, -0.05) is 30.3 Å². The standard InChI is InChI=1S/C16H13BrN2O3/c1-21-11-7-12(22-8-10-5-3-2-4-6-10)14(17)15-13(11)16(20)19-9-18-15/h2-7,9H,8H2,1H3,(H,18,19,20). The monoisotopic (exact) mass is 360 g/mol. The molecule has 22 heavy (non-hydrogen) atoms. The number of nitrogens with zero attached hydrogens (tertiary/aromatic N) is 1. The Bertz CT molecular complexity index is 862. The van der Waals surface area contributed by atoms with Crippen molar-refractivity contribution >= 4 is 26.8 Å². The number of methoxy groups -OCH3 is 1. The lowest BCUT2D eigenvalue weighted by atomic mass is 10.2. The Morgan fingerprint density at radius 2 is 2.00 bits per heavy atom. The average Bonchev–Trinajstić information content (AvgIpc) is 2.56. The van der Waals surface area contributed by atoms with Gasteiger partial charge in [-0.15, -0.1) is 0 Å². The molecule has 5 nitrogen and oxygen atoms in total. The molecule has 112 valence electrons. The van der Waals surface area contributed by atoms with Crippen molar-refractivity contribution in [2.45, 2.75) is 6.61 Å². The highest BCUT2D eigenvalue weighted by molar-refractivity contribution is 9.10. The largest absolute Gasteiger partial charge is 0.496 e. The van der Waals surface area contributed by atoms with Crippen LogP contribution in [0, 0.1) is 0 Å². The summed E-state index contributed by atoms with van der Waals surface area (Å²) in [5.74, 6) is 1.00. The lowest BCUT2D eigenvalue weighted by molar-refractivity contribution is 0.302. The number of benzene rings is 2. The second kappa shape index (κ2) is 6.19. The van der Waals surface area contributed by atoms with Crippen LogP contribution in [0.2, 0.25) is 0 Å². The molecular weight excluding hydrogens is 348 g/mol. The van der Waals surface area contributed by atoms with Crippen molar-refractivity contribution < 1.29 is 9.47 Å². The highest BCUT2D eigenvalue weighted by atomic mass is 79.9. The van der Waals surface area contributed by atoms with Crippen molar-refractivity contribution in [1.29, 1.82) is 0 Å². The second-order valence-corrected chi connectivity index (χ2v) is 5.41. The van der Waals surface area contributed by atoms with Crippen LogP contribution in [-0.2, 0) is 6.61 Å². The SMILES string of the molecule is COc1cc(OCc2ccccc2)c(Br)c2nc[nH]c(=O)c12. The molecule has 0 fully saturated rings. The molecule has 1 heterocycles. The van der Waals surface area contributed by atoms with Gasteiger partial charge < -0.3 is 14.5 Å². The predicted octanol–water partition coefficient (Wildman–Crippen LogP) is 3.27. The third-order valence-electron chi connectivity index (χ3n) is 3.24. The van der Waals surface area contributed by atoms with Gasteiger partial charge in [-0.3, -0.25) is 4.79 Å². The zero-order valence-corrected chi connectivity index (χ0v) is 13.4. The summed E-state index contributed by atoms with van der Waals surface area (Å²) in [6.07, 6.45) is 1.36. The Hall–Kier alpha value is -2.34. The van der Waals surface area contributed by atoms with Crippen molar-refractivity contribution in [2.24, 2.45) is 0 Å². The molecule has 0 spiro atoms. The molecule has 1 aromatic heterocycles. The maximum absolute atomic E-state index is 12.0. The van der Waals surface area contributed by atoms with Crippen LogP contribution in [0.5, 0.6) is 11.5 Å². The van der Waals surface area contributed by atoms with Crippen LogP contribution < -0.4 is 15.0 Å². The number of rotatable bonds is 4. The van der Waals surface area contributed by atoms with E-state index < -0.39 is 0 Å². The van der Waals surface area contributed by atoms with Gasteiger partial charge in [-0.05, 0) is 21.5 Å². The normalized spacial score (nSPS) is 10.6. The fourth-order valence-corrected chi connectivity index (χ4v) is 2.70. The maximum Gasteiger partial charge on any atom is 0.262 e. The first-order valence-corrected chi connectivity index (χ1v) is 7.40. The maximum atomic E-state index is 12.0. The zero-order chi connectivity index (χ0) is 15.5. The summed E-state index contributed by atoms with van der Waals surface area (Å²) in [7, 11) is 1.51. The van der Waals surface area contributed by atoms with E-state index in [0.29, 0.717) is 33.5 Å². The van der Waals surface area contributed by atoms with Crippen molar-refractivity contribution in [1.82, 2.24) is 9.97 Å². The summed E-state index contributed by atoms with van der Waals surface area (Å²) in [5.41, 5.74) is 1.30. The van der Waals surface area contributed by atoms with Crippen molar-refractivity contribution in [3.05, 3.63) is 63.1 Å². The Balaban J connectivity index is 2.03. The van der Waals surface area contributed by atoms with E-state index in [9.17, 15) is 4.79 Å². The molecule has 0 aliphatic heterocycles. The van der Waals surface area contributed by atoms with Gasteiger partial charge in [0.2, 0.25) is 0 Å². The lowest BCUT2D eigenvalue weighted by Gasteiger charge is -2.12. The minimum absolute atomic E-state index is 0.253. The van der Waals surface area contributed by atoms with Gasteiger partial charge in [0.05, 0.1) is 23.4 Å². The van der Waals surface area contributed by atoms with Crippen molar-refractivity contribution in [2.75, 3.05) is 7.11 Å². The van der Waals surface area contributed by atoms with Crippen LogP contribution in [0.4, 0.5) is 0 Å². The number of ether oxygens (including phenoxy) is 2. The highest BCUT2D eigenvalue weighted by Crippen LogP contribution is 2.37. The number of aromatic nitrogens is 2. The van der Waals surface area contributed by atoms with Crippen LogP contribution >= 0.6 is 15.9 Å². The van der Waals surface area contributed by atoms with Gasteiger partial charge in [-0.2, -0.15) is 0 Å². The van der Waals surface area contributed by atoms with E-state index >= 15 is 0 Å². The molecule has 6 heteroatoms. The third-order valence-corrected chi connectivity index (χ3v) is 4.01. The molecule has 0 atom stereocenters. The quantitative estimate of drug-likeness (QED) is 0.775. The molecule has 2 aromatic carbocycles. The first kappa shape index (κ1) is 14.6. The van der Waals surface area contributed by atoms with E-state index in [1.54, 1.807) is 6.07 Å². The molecule has 0 amide bonds. The van der Waals surface area contributed by atoms with Gasteiger partial charge in [0.1, 0.15) is 23.5 Å². The molecule has 0 saturated heterocycles. The number of aromatic amines is 1. The molecule has 1 N–H and O–H groups in total. The summed E-state index contributed by atoms with van der Waals surface area (Å²) in [4.78, 5) is 18.7. The van der Waals surface area contributed by atoms with Gasteiger partial charge >= 0.3 is 0 Å². The number of halogens is 1. The van der Waals surface area contributed by atoms with E-state index in [1.807, 2.05) is 30.3 Å². The number of H-pyrrole nitrogens is 1. The molecule has 3 aromatic rings. The first-order valence-electron chi connectivity index (χ1n) is 6.61. The number of hydrogen-bond acceptors (Lipinski definition) is 4. The molecule has 0 saturated carbocycles. The Morgan fingerprint density at radius 3 is 2.73 bits per heavy atom. The highest BCUT2D eigenvalue weighted by Gasteiger charge is 2.15. The van der Waals surface area contributed by atoms with E-state index in [2.05, 4.69) is 25.9 Å². The smallest absolute Gasteiger partial charge is 0.262 e. The second-order valence-electron chi connectivity index (χ2n) is 4.62. The van der Waals surface area contributed by atoms with Crippen LogP contribution in [0.1, 0.15) is 5.56 Å². The predicted molar refractivity (Wildman–Crippen MR) is 87.4 cm³/mol. The Kier molecular flexibility index (Phi) is 4.11. The molecule has 0 aliphatic rings. The number of nitrogens with one attached hydrogen (secondary N) is 1. The zero-order valence-electron chi connectivity index (χ0n) is 11.8. The summed E-state index contributed by atoms with van der Waals surface area (Å²) in [6, 6.07) is 11.5. The first-order chi connectivity index (χ1) is 10.7. The summed E-state index contributed by atoms with van der Waals surface area (Å²) in [5, 5.41) is 0.393. The number of fused-ring (bicyclic) bond motifs is 1. The molecule has 0 aliphatic carbocycles. The van der Waals surface area contributed by atoms with Gasteiger partial charge in [0.15, 0.2) is 0 Å². The molecule has 3 rings (SSSR count). The van der Waals surface area contributed by atoms with Crippen LogP contribution in [-0.4, -0.2) is 17.1 Å². The van der Waals surface area contributed by atoms with E-state index in [-0.39, 0.29) is 5.56 Å². The summed E-state index contributed by atoms with van der Waals surface area (Å²) < 4.78 is 11.8. The summed E-state index contributed by atoms with van der Waals surface area (Å²) in [6.45, 7) is 0.414. The Morgan fingerprint density at radius 1 is 1.23 bits per heavy atom. The topological polar surface area (TPSA) is 64.2 Å². The molecule has 0 unspecified atom stereocenters.